The summed E-state index contributed by atoms with van der Waals surface area (Å²) in [6.07, 6.45) is 7.10. The van der Waals surface area contributed by atoms with Gasteiger partial charge in [0.05, 0.1) is 23.3 Å². The lowest BCUT2D eigenvalue weighted by Crippen LogP contribution is -2.55. The number of carbonyl (C=O) groups is 3. The molecule has 14 heteroatoms. The van der Waals surface area contributed by atoms with Crippen molar-refractivity contribution in [2.45, 2.75) is 69.5 Å². The van der Waals surface area contributed by atoms with E-state index < -0.39 is 11.9 Å². The Morgan fingerprint density at radius 3 is 2.19 bits per heavy atom. The van der Waals surface area contributed by atoms with Crippen LogP contribution in [0.3, 0.4) is 0 Å². The fourth-order valence-corrected chi connectivity index (χ4v) is 8.65. The number of halogens is 2. The summed E-state index contributed by atoms with van der Waals surface area (Å²) in [7, 11) is 0. The Labute approximate surface area is 297 Å². The average Bonchev–Trinajstić information content (AvgIpc) is 3.45. The third kappa shape index (κ3) is 7.92. The number of amides is 4. The van der Waals surface area contributed by atoms with E-state index in [0.29, 0.717) is 59.7 Å². The van der Waals surface area contributed by atoms with Gasteiger partial charge in [0.2, 0.25) is 11.8 Å². The van der Waals surface area contributed by atoms with Crippen molar-refractivity contribution in [3.05, 3.63) is 61.4 Å². The van der Waals surface area contributed by atoms with Crippen LogP contribution in [-0.4, -0.2) is 100.0 Å². The molecule has 4 heterocycles. The van der Waals surface area contributed by atoms with E-state index in [-0.39, 0.29) is 36.6 Å². The van der Waals surface area contributed by atoms with Gasteiger partial charge < -0.3 is 36.1 Å². The van der Waals surface area contributed by atoms with Gasteiger partial charge in [-0.15, -0.1) is 0 Å². The number of aromatic nitrogens is 2. The number of nitrogens with zero attached hydrogens (tertiary/aromatic N) is 4. The first kappa shape index (κ1) is 34.5. The Morgan fingerprint density at radius 1 is 0.875 bits per heavy atom. The molecule has 2 aromatic carbocycles. The molecule has 4 amide bonds. The van der Waals surface area contributed by atoms with Gasteiger partial charge in [0, 0.05) is 53.6 Å². The minimum Gasteiger partial charge on any atom is -0.397 e. The number of nitrogens with two attached hydrogens (primary N) is 1. The molecule has 258 valence electrons. The lowest BCUT2D eigenvalue weighted by Gasteiger charge is -2.40. The molecule has 3 fully saturated rings. The van der Waals surface area contributed by atoms with Gasteiger partial charge in [0.15, 0.2) is 0 Å². The number of urea groups is 1. The lowest BCUT2D eigenvalue weighted by atomic mass is 10.00. The van der Waals surface area contributed by atoms with Crippen LogP contribution in [0.2, 0.25) is 0 Å². The van der Waals surface area contributed by atoms with Crippen LogP contribution < -0.4 is 22.1 Å². The minimum atomic E-state index is -0.925. The molecule has 12 nitrogen and oxygen atoms in total. The topological polar surface area (TPSA) is 149 Å². The summed E-state index contributed by atoms with van der Waals surface area (Å²) in [6.45, 7) is 4.40. The fraction of sp³-hybridized carbons (Fsp3) is 0.529. The Morgan fingerprint density at radius 2 is 1.50 bits per heavy atom. The van der Waals surface area contributed by atoms with Crippen molar-refractivity contribution in [2.24, 2.45) is 0 Å². The zero-order valence-corrected chi connectivity index (χ0v) is 30.2. The number of para-hydroxylation sites is 2. The van der Waals surface area contributed by atoms with Crippen molar-refractivity contribution in [2.75, 3.05) is 51.5 Å². The number of rotatable bonds is 8. The highest BCUT2D eigenvalue weighted by Gasteiger charge is 2.31. The van der Waals surface area contributed by atoms with Gasteiger partial charge in [-0.2, -0.15) is 0 Å². The third-order valence-corrected chi connectivity index (χ3v) is 11.4. The number of imidazole rings is 1. The van der Waals surface area contributed by atoms with Gasteiger partial charge in [-0.05, 0) is 113 Å². The van der Waals surface area contributed by atoms with Crippen LogP contribution in [0.15, 0.2) is 50.1 Å². The molecule has 3 saturated heterocycles. The normalized spacial score (nSPS) is 19.0. The monoisotopic (exact) mass is 786 g/mol. The molecule has 1 atom stereocenters. The summed E-state index contributed by atoms with van der Waals surface area (Å²) in [6, 6.07) is 10.4. The number of carbonyl (C=O) groups excluding carboxylic acids is 3. The summed E-state index contributed by atoms with van der Waals surface area (Å²) < 4.78 is 3.13. The van der Waals surface area contributed by atoms with Crippen molar-refractivity contribution in [3.63, 3.8) is 0 Å². The van der Waals surface area contributed by atoms with Gasteiger partial charge in [0.1, 0.15) is 6.04 Å². The molecular formula is C34H44Br2N8O4. The molecule has 0 radical (unpaired) electrons. The molecule has 3 aliphatic rings. The number of hydrogen-bond donors (Lipinski definition) is 4. The van der Waals surface area contributed by atoms with Crippen LogP contribution >= 0.6 is 31.9 Å². The zero-order valence-electron chi connectivity index (χ0n) is 27.1. The van der Waals surface area contributed by atoms with E-state index in [1.54, 1.807) is 9.47 Å². The standard InChI is InChI=1S/C34H44Br2N8O4/c35-25-18-22(19-26(36)31(25)37)20-28(32(46)38-21-30(45)42-14-8-23(9-15-42)41-12-4-1-5-13-41)40-33(47)43-16-10-24(11-17-43)44-29-7-3-2-6-27(29)39-34(44)48/h2-3,6-7,18-19,23-24,28H,1,4-5,8-17,20-21,37H2,(H,38,46)(H,39,48)(H,40,47)/t28-/m1/s1. The molecule has 6 rings (SSSR count). The number of likely N-dealkylation sites (tertiary alicyclic amines) is 3. The predicted molar refractivity (Wildman–Crippen MR) is 193 cm³/mol. The number of nitrogens with one attached hydrogen (secondary N) is 3. The molecule has 0 aliphatic carbocycles. The molecule has 0 unspecified atom stereocenters. The Balaban J connectivity index is 1.07. The van der Waals surface area contributed by atoms with Crippen LogP contribution in [0.1, 0.15) is 56.6 Å². The third-order valence-electron chi connectivity index (χ3n) is 10.1. The average molecular weight is 789 g/mol. The van der Waals surface area contributed by atoms with Crippen molar-refractivity contribution in [1.82, 2.24) is 34.9 Å². The molecular weight excluding hydrogens is 744 g/mol. The second-order valence-electron chi connectivity index (χ2n) is 13.1. The number of benzene rings is 2. The first-order chi connectivity index (χ1) is 23.2. The highest BCUT2D eigenvalue weighted by atomic mass is 79.9. The fourth-order valence-electron chi connectivity index (χ4n) is 7.37. The number of nitrogen functional groups attached to an aromatic ring is 1. The summed E-state index contributed by atoms with van der Waals surface area (Å²) in [5.74, 6) is -0.540. The van der Waals surface area contributed by atoms with Crippen molar-refractivity contribution >= 4 is 66.4 Å². The van der Waals surface area contributed by atoms with E-state index in [4.69, 9.17) is 5.73 Å². The van der Waals surface area contributed by atoms with Crippen LogP contribution in [0.25, 0.3) is 11.0 Å². The maximum atomic E-state index is 13.6. The van der Waals surface area contributed by atoms with Gasteiger partial charge >= 0.3 is 11.7 Å². The summed E-state index contributed by atoms with van der Waals surface area (Å²) in [5, 5.41) is 5.74. The Hall–Kier alpha value is -3.36. The first-order valence-corrected chi connectivity index (χ1v) is 18.5. The molecule has 0 bridgehead atoms. The predicted octanol–water partition coefficient (Wildman–Crippen LogP) is 3.99. The van der Waals surface area contributed by atoms with Gasteiger partial charge in [-0.3, -0.25) is 14.2 Å². The molecule has 3 aromatic rings. The van der Waals surface area contributed by atoms with E-state index in [1.165, 1.54) is 19.3 Å². The van der Waals surface area contributed by atoms with E-state index in [1.807, 2.05) is 41.3 Å². The quantitative estimate of drug-likeness (QED) is 0.254. The first-order valence-electron chi connectivity index (χ1n) is 17.0. The zero-order chi connectivity index (χ0) is 33.8. The summed E-state index contributed by atoms with van der Waals surface area (Å²) in [4.78, 5) is 62.0. The molecule has 5 N–H and O–H groups in total. The van der Waals surface area contributed by atoms with E-state index in [0.717, 1.165) is 42.5 Å². The number of aromatic amines is 1. The van der Waals surface area contributed by atoms with Gasteiger partial charge in [-0.1, -0.05) is 18.6 Å². The summed E-state index contributed by atoms with van der Waals surface area (Å²) in [5.41, 5.74) is 8.90. The maximum absolute atomic E-state index is 13.6. The largest absolute Gasteiger partial charge is 0.397 e. The molecule has 0 spiro atoms. The minimum absolute atomic E-state index is 0.0443. The molecule has 3 aliphatic heterocycles. The maximum Gasteiger partial charge on any atom is 0.326 e. The van der Waals surface area contributed by atoms with Gasteiger partial charge in [0.25, 0.3) is 0 Å². The number of anilines is 1. The highest BCUT2D eigenvalue weighted by molar-refractivity contribution is 9.11. The van der Waals surface area contributed by atoms with E-state index >= 15 is 0 Å². The SMILES string of the molecule is Nc1c(Br)cc(C[C@@H](NC(=O)N2CCC(n3c(=O)[nH]c4ccccc43)CC2)C(=O)NCC(=O)N2CCC(N3CCCCC3)CC2)cc1Br. The number of fused-ring (bicyclic) bond motifs is 1. The molecule has 0 saturated carbocycles. The second-order valence-corrected chi connectivity index (χ2v) is 14.8. The Bertz CT molecular complexity index is 1660. The second kappa shape index (κ2) is 15.5. The van der Waals surface area contributed by atoms with Crippen molar-refractivity contribution in [3.8, 4) is 0 Å². The van der Waals surface area contributed by atoms with Crippen LogP contribution in [0.5, 0.6) is 0 Å². The number of piperidine rings is 3. The molecule has 48 heavy (non-hydrogen) atoms. The Kier molecular flexibility index (Phi) is 11.1. The lowest BCUT2D eigenvalue weighted by molar-refractivity contribution is -0.134. The van der Waals surface area contributed by atoms with Crippen molar-refractivity contribution < 1.29 is 14.4 Å². The van der Waals surface area contributed by atoms with Crippen LogP contribution in [0, 0.1) is 0 Å². The smallest absolute Gasteiger partial charge is 0.326 e. The van der Waals surface area contributed by atoms with Crippen LogP contribution in [-0.2, 0) is 16.0 Å². The molecule has 1 aromatic heterocycles. The highest BCUT2D eigenvalue weighted by Crippen LogP contribution is 2.30. The van der Waals surface area contributed by atoms with Crippen LogP contribution in [0.4, 0.5) is 10.5 Å². The number of H-pyrrole nitrogens is 1. The van der Waals surface area contributed by atoms with E-state index in [2.05, 4.69) is 52.4 Å². The van der Waals surface area contributed by atoms with E-state index in [9.17, 15) is 19.2 Å². The van der Waals surface area contributed by atoms with Crippen molar-refractivity contribution in [1.29, 1.82) is 0 Å². The summed E-state index contributed by atoms with van der Waals surface area (Å²) >= 11 is 6.94. The number of hydrogen-bond acceptors (Lipinski definition) is 6. The van der Waals surface area contributed by atoms with Gasteiger partial charge in [-0.25, -0.2) is 9.59 Å².